The molecule has 4 nitrogen and oxygen atoms in total. The number of aliphatic imine (C=N–C) groups is 1. The molecule has 0 bridgehead atoms. The Kier molecular flexibility index (Phi) is 3.68. The van der Waals surface area contributed by atoms with E-state index < -0.39 is 0 Å². The number of nitrogens with two attached hydrogens (primary N) is 1. The van der Waals surface area contributed by atoms with Gasteiger partial charge in [-0.1, -0.05) is 6.58 Å². The third kappa shape index (κ3) is 2.87. The molecule has 1 fully saturated rings. The van der Waals surface area contributed by atoms with Crippen LogP contribution < -0.4 is 5.73 Å². The molecule has 1 aliphatic rings. The van der Waals surface area contributed by atoms with Crippen LogP contribution in [0, 0.1) is 0 Å². The molecule has 14 heavy (non-hydrogen) atoms. The van der Waals surface area contributed by atoms with Gasteiger partial charge in [0.2, 0.25) is 5.91 Å². The molecule has 0 aromatic rings. The minimum Gasteiger partial charge on any atom is -0.384 e. The van der Waals surface area contributed by atoms with E-state index in [4.69, 9.17) is 5.73 Å². The lowest BCUT2D eigenvalue weighted by atomic mass is 10.1. The zero-order valence-electron chi connectivity index (χ0n) is 8.57. The first-order valence-corrected chi connectivity index (χ1v) is 4.84. The van der Waals surface area contributed by atoms with Gasteiger partial charge in [0, 0.05) is 20.0 Å². The molecule has 0 aromatic carbocycles. The molecule has 4 heteroatoms. The molecule has 0 saturated carbocycles. The molecule has 0 spiro atoms. The van der Waals surface area contributed by atoms with Crippen molar-refractivity contribution in [1.29, 1.82) is 0 Å². The maximum atomic E-state index is 11.0. The lowest BCUT2D eigenvalue weighted by Gasteiger charge is -2.29. The van der Waals surface area contributed by atoms with Crippen molar-refractivity contribution >= 4 is 11.7 Å². The molecule has 1 amide bonds. The molecule has 1 rings (SSSR count). The average molecular weight is 195 g/mol. The number of piperidine rings is 1. The maximum absolute atomic E-state index is 11.0. The van der Waals surface area contributed by atoms with Gasteiger partial charge >= 0.3 is 0 Å². The Balaban J connectivity index is 2.43. The Morgan fingerprint density at radius 3 is 2.57 bits per heavy atom. The van der Waals surface area contributed by atoms with Gasteiger partial charge in [0.25, 0.3) is 0 Å². The predicted octanol–water partition coefficient (Wildman–Crippen LogP) is 0.540. The summed E-state index contributed by atoms with van der Waals surface area (Å²) in [6.07, 6.45) is 3.35. The Bertz CT molecular complexity index is 252. The predicted molar refractivity (Wildman–Crippen MR) is 57.1 cm³/mol. The molecule has 2 N–H and O–H groups in total. The minimum atomic E-state index is 0.143. The van der Waals surface area contributed by atoms with Crippen LogP contribution in [0.25, 0.3) is 0 Å². The zero-order chi connectivity index (χ0) is 10.6. The first-order valence-electron chi connectivity index (χ1n) is 4.84. The number of amidine groups is 1. The summed E-state index contributed by atoms with van der Waals surface area (Å²) in [5, 5.41) is 0. The van der Waals surface area contributed by atoms with E-state index >= 15 is 0 Å². The number of carbonyl (C=O) groups is 1. The van der Waals surface area contributed by atoms with Crippen molar-refractivity contribution in [1.82, 2.24) is 4.90 Å². The van der Waals surface area contributed by atoms with Crippen LogP contribution in [0.5, 0.6) is 0 Å². The van der Waals surface area contributed by atoms with Crippen molar-refractivity contribution in [2.24, 2.45) is 10.7 Å². The van der Waals surface area contributed by atoms with Crippen molar-refractivity contribution < 1.29 is 4.79 Å². The number of amides is 1. The summed E-state index contributed by atoms with van der Waals surface area (Å²) < 4.78 is 0. The highest BCUT2D eigenvalue weighted by molar-refractivity contribution is 5.90. The van der Waals surface area contributed by atoms with Crippen molar-refractivity contribution in [2.75, 3.05) is 13.1 Å². The fourth-order valence-electron chi connectivity index (χ4n) is 1.57. The summed E-state index contributed by atoms with van der Waals surface area (Å²) in [5.41, 5.74) is 5.55. The van der Waals surface area contributed by atoms with Gasteiger partial charge in [0.15, 0.2) is 0 Å². The van der Waals surface area contributed by atoms with Crippen molar-refractivity contribution in [3.8, 4) is 0 Å². The van der Waals surface area contributed by atoms with Crippen LogP contribution in [-0.2, 0) is 4.79 Å². The lowest BCUT2D eigenvalue weighted by Crippen LogP contribution is -2.38. The highest BCUT2D eigenvalue weighted by Gasteiger charge is 2.19. The van der Waals surface area contributed by atoms with Crippen LogP contribution in [0.2, 0.25) is 0 Å². The molecular formula is C10H17N3O. The number of carbonyl (C=O) groups excluding carboxylic acids is 1. The summed E-state index contributed by atoms with van der Waals surface area (Å²) in [5.74, 6) is 0.635. The van der Waals surface area contributed by atoms with E-state index in [1.54, 1.807) is 13.0 Å². The van der Waals surface area contributed by atoms with Crippen LogP contribution in [0.15, 0.2) is 17.6 Å². The van der Waals surface area contributed by atoms with E-state index in [1.165, 1.54) is 0 Å². The molecule has 1 aliphatic heterocycles. The fraction of sp³-hybridized carbons (Fsp3) is 0.600. The van der Waals surface area contributed by atoms with E-state index in [9.17, 15) is 4.79 Å². The van der Waals surface area contributed by atoms with Gasteiger partial charge in [-0.15, -0.1) is 0 Å². The Hall–Kier alpha value is -1.32. The summed E-state index contributed by atoms with van der Waals surface area (Å²) in [7, 11) is 0. The average Bonchev–Trinajstić information content (AvgIpc) is 2.18. The third-order valence-electron chi connectivity index (χ3n) is 2.45. The zero-order valence-corrected chi connectivity index (χ0v) is 8.57. The molecule has 0 aromatic heterocycles. The summed E-state index contributed by atoms with van der Waals surface area (Å²) in [6.45, 7) is 6.72. The monoisotopic (exact) mass is 195 g/mol. The SMILES string of the molecule is C=CC(N)=NC1CCN(C(C)=O)CC1. The van der Waals surface area contributed by atoms with Gasteiger partial charge in [0.1, 0.15) is 5.84 Å². The molecule has 0 radical (unpaired) electrons. The van der Waals surface area contributed by atoms with Gasteiger partial charge in [-0.25, -0.2) is 0 Å². The van der Waals surface area contributed by atoms with E-state index in [0.29, 0.717) is 5.84 Å². The molecular weight excluding hydrogens is 178 g/mol. The first kappa shape index (κ1) is 10.8. The highest BCUT2D eigenvalue weighted by atomic mass is 16.2. The molecule has 78 valence electrons. The number of hydrogen-bond donors (Lipinski definition) is 1. The van der Waals surface area contributed by atoms with Crippen molar-refractivity contribution in [3.05, 3.63) is 12.7 Å². The third-order valence-corrected chi connectivity index (χ3v) is 2.45. The van der Waals surface area contributed by atoms with E-state index in [-0.39, 0.29) is 11.9 Å². The highest BCUT2D eigenvalue weighted by Crippen LogP contribution is 2.13. The van der Waals surface area contributed by atoms with Gasteiger partial charge < -0.3 is 10.6 Å². The second-order valence-corrected chi connectivity index (χ2v) is 3.50. The topological polar surface area (TPSA) is 58.7 Å². The molecule has 0 aliphatic carbocycles. The van der Waals surface area contributed by atoms with Crippen LogP contribution in [0.4, 0.5) is 0 Å². The normalized spacial score (nSPS) is 19.5. The van der Waals surface area contributed by atoms with Gasteiger partial charge in [-0.3, -0.25) is 9.79 Å². The largest absolute Gasteiger partial charge is 0.384 e. The van der Waals surface area contributed by atoms with E-state index in [2.05, 4.69) is 11.6 Å². The van der Waals surface area contributed by atoms with E-state index in [0.717, 1.165) is 25.9 Å². The van der Waals surface area contributed by atoms with Crippen molar-refractivity contribution in [2.45, 2.75) is 25.8 Å². The molecule has 0 atom stereocenters. The number of rotatable bonds is 2. The van der Waals surface area contributed by atoms with Crippen LogP contribution >= 0.6 is 0 Å². The number of hydrogen-bond acceptors (Lipinski definition) is 2. The molecule has 0 unspecified atom stereocenters. The van der Waals surface area contributed by atoms with Gasteiger partial charge in [0.05, 0.1) is 6.04 Å². The minimum absolute atomic E-state index is 0.143. The van der Waals surface area contributed by atoms with Crippen LogP contribution in [0.1, 0.15) is 19.8 Å². The Labute approximate surface area is 84.5 Å². The fourth-order valence-corrected chi connectivity index (χ4v) is 1.57. The molecule has 1 saturated heterocycles. The van der Waals surface area contributed by atoms with Crippen molar-refractivity contribution in [3.63, 3.8) is 0 Å². The Morgan fingerprint density at radius 2 is 2.14 bits per heavy atom. The van der Waals surface area contributed by atoms with Gasteiger partial charge in [-0.2, -0.15) is 0 Å². The lowest BCUT2D eigenvalue weighted by molar-refractivity contribution is -0.129. The smallest absolute Gasteiger partial charge is 0.219 e. The summed E-state index contributed by atoms with van der Waals surface area (Å²) in [6, 6.07) is 0.253. The summed E-state index contributed by atoms with van der Waals surface area (Å²) >= 11 is 0. The second kappa shape index (κ2) is 4.79. The second-order valence-electron chi connectivity index (χ2n) is 3.50. The van der Waals surface area contributed by atoms with Crippen LogP contribution in [-0.4, -0.2) is 35.8 Å². The van der Waals surface area contributed by atoms with Crippen LogP contribution in [0.3, 0.4) is 0 Å². The standard InChI is InChI=1S/C10H17N3O/c1-3-10(11)12-9-4-6-13(7-5-9)8(2)14/h3,9H,1,4-7H2,2H3,(H2,11,12). The Morgan fingerprint density at radius 1 is 1.57 bits per heavy atom. The number of nitrogens with zero attached hydrogens (tertiary/aromatic N) is 2. The van der Waals surface area contributed by atoms with E-state index in [1.807, 2.05) is 4.90 Å². The summed E-state index contributed by atoms with van der Waals surface area (Å²) in [4.78, 5) is 17.2. The molecule has 1 heterocycles. The first-order chi connectivity index (χ1) is 6.63. The van der Waals surface area contributed by atoms with Gasteiger partial charge in [-0.05, 0) is 18.9 Å². The number of likely N-dealkylation sites (tertiary alicyclic amines) is 1. The quantitative estimate of drug-likeness (QED) is 0.516. The maximum Gasteiger partial charge on any atom is 0.219 e.